The summed E-state index contributed by atoms with van der Waals surface area (Å²) in [6, 6.07) is 16.8. The number of benzene rings is 1. The molecule has 1 atom stereocenters. The molecule has 6 nitrogen and oxygen atoms in total. The molecule has 26 heavy (non-hydrogen) atoms. The third-order valence-corrected chi connectivity index (χ3v) is 4.17. The van der Waals surface area contributed by atoms with Gasteiger partial charge in [-0.2, -0.15) is 0 Å². The van der Waals surface area contributed by atoms with Crippen LogP contribution in [0, 0.1) is 0 Å². The average molecular weight is 346 g/mol. The Morgan fingerprint density at radius 1 is 1.15 bits per heavy atom. The van der Waals surface area contributed by atoms with Gasteiger partial charge in [0.05, 0.1) is 17.9 Å². The van der Waals surface area contributed by atoms with E-state index in [1.807, 2.05) is 55.5 Å². The molecule has 6 heteroatoms. The molecule has 4 rings (SSSR count). The van der Waals surface area contributed by atoms with Crippen LogP contribution in [0.25, 0.3) is 17.0 Å². The van der Waals surface area contributed by atoms with Gasteiger partial charge in [-0.3, -0.25) is 9.20 Å². The van der Waals surface area contributed by atoms with Crippen molar-refractivity contribution in [1.29, 1.82) is 0 Å². The van der Waals surface area contributed by atoms with Gasteiger partial charge in [0.15, 0.2) is 5.76 Å². The van der Waals surface area contributed by atoms with Gasteiger partial charge in [-0.15, -0.1) is 0 Å². The number of nitrogens with one attached hydrogen (secondary N) is 1. The first-order chi connectivity index (χ1) is 12.7. The molecule has 0 saturated heterocycles. The normalized spacial score (nSPS) is 12.3. The Balaban J connectivity index is 1.48. The lowest BCUT2D eigenvalue weighted by atomic mass is 10.2. The first-order valence-corrected chi connectivity index (χ1v) is 8.42. The summed E-state index contributed by atoms with van der Waals surface area (Å²) in [7, 11) is 0. The van der Waals surface area contributed by atoms with E-state index in [0.717, 1.165) is 11.3 Å². The van der Waals surface area contributed by atoms with Crippen LogP contribution in [0.1, 0.15) is 24.6 Å². The highest BCUT2D eigenvalue weighted by molar-refractivity contribution is 5.55. The molecule has 0 aliphatic heterocycles. The highest BCUT2D eigenvalue weighted by Crippen LogP contribution is 2.22. The molecule has 0 saturated carbocycles. The quantitative estimate of drug-likeness (QED) is 0.601. The Morgan fingerprint density at radius 2 is 1.96 bits per heavy atom. The standard InChI is InChI=1S/C20H18N4O2/c1-14(20-22-13-17(26-20)15-7-3-2-4-8-15)21-12-16-11-19(25)24-10-6-5-9-18(24)23-16/h2-11,13-14,21H,12H2,1H3/t14-/m0/s1. The van der Waals surface area contributed by atoms with Crippen LogP contribution in [0.15, 0.2) is 76.2 Å². The zero-order valence-electron chi connectivity index (χ0n) is 14.3. The zero-order valence-corrected chi connectivity index (χ0v) is 14.3. The molecule has 0 bridgehead atoms. The Hall–Kier alpha value is -3.25. The highest BCUT2D eigenvalue weighted by Gasteiger charge is 2.13. The molecular formula is C20H18N4O2. The fourth-order valence-corrected chi connectivity index (χ4v) is 2.76. The lowest BCUT2D eigenvalue weighted by Crippen LogP contribution is -2.22. The van der Waals surface area contributed by atoms with E-state index in [-0.39, 0.29) is 11.6 Å². The maximum absolute atomic E-state index is 12.1. The summed E-state index contributed by atoms with van der Waals surface area (Å²) in [5.74, 6) is 1.33. The molecule has 4 aromatic rings. The van der Waals surface area contributed by atoms with Gasteiger partial charge in [0.25, 0.3) is 5.56 Å². The van der Waals surface area contributed by atoms with Crippen LogP contribution in [0.2, 0.25) is 0 Å². The molecule has 0 spiro atoms. The van der Waals surface area contributed by atoms with Gasteiger partial charge >= 0.3 is 0 Å². The Bertz CT molecular complexity index is 1090. The minimum absolute atomic E-state index is 0.0949. The number of nitrogens with zero attached hydrogens (tertiary/aromatic N) is 3. The van der Waals surface area contributed by atoms with E-state index in [2.05, 4.69) is 15.3 Å². The zero-order chi connectivity index (χ0) is 17.9. The predicted molar refractivity (Wildman–Crippen MR) is 98.7 cm³/mol. The Labute approximate surface area is 150 Å². The molecule has 0 aliphatic rings. The van der Waals surface area contributed by atoms with Crippen molar-refractivity contribution in [2.24, 2.45) is 0 Å². The first kappa shape index (κ1) is 16.2. The molecule has 0 aliphatic carbocycles. The van der Waals surface area contributed by atoms with Gasteiger partial charge in [-0.05, 0) is 19.1 Å². The molecule has 1 aromatic carbocycles. The summed E-state index contributed by atoms with van der Waals surface area (Å²) in [5, 5.41) is 3.31. The summed E-state index contributed by atoms with van der Waals surface area (Å²) in [6.45, 7) is 2.42. The first-order valence-electron chi connectivity index (χ1n) is 8.42. The van der Waals surface area contributed by atoms with Crippen LogP contribution >= 0.6 is 0 Å². The van der Waals surface area contributed by atoms with Crippen LogP contribution in [0.5, 0.6) is 0 Å². The molecular weight excluding hydrogens is 328 g/mol. The lowest BCUT2D eigenvalue weighted by molar-refractivity contribution is 0.420. The van der Waals surface area contributed by atoms with E-state index >= 15 is 0 Å². The maximum Gasteiger partial charge on any atom is 0.258 e. The summed E-state index contributed by atoms with van der Waals surface area (Å²) in [4.78, 5) is 21.0. The van der Waals surface area contributed by atoms with Gasteiger partial charge in [-0.1, -0.05) is 36.4 Å². The third-order valence-electron chi connectivity index (χ3n) is 4.17. The van der Waals surface area contributed by atoms with Crippen molar-refractivity contribution >= 4 is 5.65 Å². The van der Waals surface area contributed by atoms with E-state index in [4.69, 9.17) is 4.42 Å². The van der Waals surface area contributed by atoms with Crippen molar-refractivity contribution in [1.82, 2.24) is 19.7 Å². The van der Waals surface area contributed by atoms with Gasteiger partial charge in [0.1, 0.15) is 5.65 Å². The second kappa shape index (κ2) is 6.93. The average Bonchev–Trinajstić information content (AvgIpc) is 3.17. The number of pyridine rings is 1. The fourth-order valence-electron chi connectivity index (χ4n) is 2.76. The maximum atomic E-state index is 12.1. The van der Waals surface area contributed by atoms with E-state index in [1.54, 1.807) is 12.4 Å². The van der Waals surface area contributed by atoms with Crippen molar-refractivity contribution < 1.29 is 4.42 Å². The highest BCUT2D eigenvalue weighted by atomic mass is 16.4. The summed E-state index contributed by atoms with van der Waals surface area (Å²) < 4.78 is 7.37. The van der Waals surface area contributed by atoms with Gasteiger partial charge in [0.2, 0.25) is 5.89 Å². The lowest BCUT2D eigenvalue weighted by Gasteiger charge is -2.10. The number of fused-ring (bicyclic) bond motifs is 1. The second-order valence-electron chi connectivity index (χ2n) is 6.05. The summed E-state index contributed by atoms with van der Waals surface area (Å²) in [5.41, 5.74) is 2.21. The van der Waals surface area contributed by atoms with E-state index in [0.29, 0.717) is 23.8 Å². The minimum Gasteiger partial charge on any atom is -0.439 e. The van der Waals surface area contributed by atoms with Gasteiger partial charge in [-0.25, -0.2) is 9.97 Å². The van der Waals surface area contributed by atoms with E-state index < -0.39 is 0 Å². The smallest absolute Gasteiger partial charge is 0.258 e. The van der Waals surface area contributed by atoms with E-state index in [1.165, 1.54) is 10.5 Å². The number of oxazole rings is 1. The number of hydrogen-bond acceptors (Lipinski definition) is 5. The van der Waals surface area contributed by atoms with Crippen LogP contribution in [0.4, 0.5) is 0 Å². The monoisotopic (exact) mass is 346 g/mol. The molecule has 3 heterocycles. The van der Waals surface area contributed by atoms with Gasteiger partial charge < -0.3 is 9.73 Å². The SMILES string of the molecule is C[C@H](NCc1cc(=O)n2ccccc2n1)c1ncc(-c2ccccc2)o1. The molecule has 0 radical (unpaired) electrons. The second-order valence-corrected chi connectivity index (χ2v) is 6.05. The van der Waals surface area contributed by atoms with Crippen molar-refractivity contribution in [3.05, 3.63) is 88.9 Å². The Morgan fingerprint density at radius 3 is 2.81 bits per heavy atom. The fraction of sp³-hybridized carbons (Fsp3) is 0.150. The van der Waals surface area contributed by atoms with Crippen molar-refractivity contribution in [3.8, 4) is 11.3 Å². The molecule has 1 N–H and O–H groups in total. The third kappa shape index (κ3) is 3.27. The topological polar surface area (TPSA) is 72.4 Å². The van der Waals surface area contributed by atoms with Crippen LogP contribution < -0.4 is 10.9 Å². The Kier molecular flexibility index (Phi) is 4.33. The number of aromatic nitrogens is 3. The van der Waals surface area contributed by atoms with Crippen molar-refractivity contribution in [2.75, 3.05) is 0 Å². The molecule has 0 unspecified atom stereocenters. The number of hydrogen-bond donors (Lipinski definition) is 1. The van der Waals surface area contributed by atoms with Gasteiger partial charge in [0, 0.05) is 24.4 Å². The molecule has 130 valence electrons. The van der Waals surface area contributed by atoms with E-state index in [9.17, 15) is 4.79 Å². The van der Waals surface area contributed by atoms with Crippen LogP contribution in [0.3, 0.4) is 0 Å². The van der Waals surface area contributed by atoms with Crippen LogP contribution in [-0.4, -0.2) is 14.4 Å². The minimum atomic E-state index is -0.108. The van der Waals surface area contributed by atoms with Crippen molar-refractivity contribution in [2.45, 2.75) is 19.5 Å². The van der Waals surface area contributed by atoms with Crippen LogP contribution in [-0.2, 0) is 6.54 Å². The summed E-state index contributed by atoms with van der Waals surface area (Å²) in [6.07, 6.45) is 3.44. The summed E-state index contributed by atoms with van der Waals surface area (Å²) >= 11 is 0. The number of rotatable bonds is 5. The molecule has 3 aromatic heterocycles. The molecule has 0 amide bonds. The van der Waals surface area contributed by atoms with Crippen molar-refractivity contribution in [3.63, 3.8) is 0 Å². The largest absolute Gasteiger partial charge is 0.439 e. The predicted octanol–water partition coefficient (Wildman–Crippen LogP) is 3.20. The molecule has 0 fully saturated rings.